The summed E-state index contributed by atoms with van der Waals surface area (Å²) in [4.78, 5) is 11.2. The van der Waals surface area contributed by atoms with Crippen LogP contribution in [0.1, 0.15) is 25.3 Å². The maximum atomic E-state index is 11.2. The van der Waals surface area contributed by atoms with E-state index in [0.717, 1.165) is 5.56 Å². The Balaban J connectivity index is 2.95. The lowest BCUT2D eigenvalue weighted by Crippen LogP contribution is -2.15. The Hall–Kier alpha value is -1.55. The highest BCUT2D eigenvalue weighted by Crippen LogP contribution is 2.24. The third-order valence-electron chi connectivity index (χ3n) is 2.48. The Kier molecular flexibility index (Phi) is 3.48. The largest absolute Gasteiger partial charge is 0.300 e. The topological polar surface area (TPSA) is 17.1 Å². The second-order valence-electron chi connectivity index (χ2n) is 3.45. The first kappa shape index (κ1) is 10.5. The van der Waals surface area contributed by atoms with Crippen LogP contribution < -0.4 is 0 Å². The molecule has 0 aromatic heterocycles. The number of hydrogen-bond donors (Lipinski definition) is 0. The molecule has 0 radical (unpaired) electrons. The Bertz CT molecular complexity index is 345. The van der Waals surface area contributed by atoms with Gasteiger partial charge in [0.2, 0.25) is 0 Å². The van der Waals surface area contributed by atoms with Gasteiger partial charge in [0.05, 0.1) is 5.92 Å². The van der Waals surface area contributed by atoms with Crippen LogP contribution in [-0.2, 0) is 4.79 Å². The van der Waals surface area contributed by atoms with E-state index in [1.807, 2.05) is 37.3 Å². The molecule has 2 atom stereocenters. The van der Waals surface area contributed by atoms with E-state index < -0.39 is 0 Å². The second kappa shape index (κ2) is 4.62. The number of carbonyl (C=O) groups is 1. The molecule has 72 valence electrons. The molecule has 0 aliphatic carbocycles. The third kappa shape index (κ3) is 2.23. The number of Topliss-reactive ketones (excluding diaryl/α,β-unsaturated/α-hetero) is 1. The molecule has 0 bridgehead atoms. The lowest BCUT2D eigenvalue weighted by atomic mass is 9.86. The summed E-state index contributed by atoms with van der Waals surface area (Å²) in [7, 11) is 0. The quantitative estimate of drug-likeness (QED) is 0.663. The molecule has 0 spiro atoms. The molecule has 0 aliphatic heterocycles. The number of ketones is 1. The van der Waals surface area contributed by atoms with Crippen LogP contribution in [0.4, 0.5) is 0 Å². The summed E-state index contributed by atoms with van der Waals surface area (Å²) in [5.74, 6) is 2.60. The molecule has 0 N–H and O–H groups in total. The van der Waals surface area contributed by atoms with Crippen molar-refractivity contribution in [2.45, 2.75) is 19.8 Å². The molecule has 0 saturated carbocycles. The summed E-state index contributed by atoms with van der Waals surface area (Å²) in [6.45, 7) is 3.46. The van der Waals surface area contributed by atoms with Crippen LogP contribution in [0.2, 0.25) is 0 Å². The SMILES string of the molecule is C#CC(c1ccccc1)C(C)C(C)=O. The Labute approximate surface area is 85.1 Å². The summed E-state index contributed by atoms with van der Waals surface area (Å²) < 4.78 is 0. The summed E-state index contributed by atoms with van der Waals surface area (Å²) >= 11 is 0. The first-order valence-electron chi connectivity index (χ1n) is 4.68. The average Bonchev–Trinajstić information content (AvgIpc) is 2.20. The molecule has 0 heterocycles. The van der Waals surface area contributed by atoms with Crippen LogP contribution in [0.25, 0.3) is 0 Å². The van der Waals surface area contributed by atoms with E-state index in [1.54, 1.807) is 6.92 Å². The highest BCUT2D eigenvalue weighted by atomic mass is 16.1. The van der Waals surface area contributed by atoms with Crippen molar-refractivity contribution in [2.24, 2.45) is 5.92 Å². The minimum absolute atomic E-state index is 0.103. The first-order chi connectivity index (χ1) is 6.66. The lowest BCUT2D eigenvalue weighted by molar-refractivity contribution is -0.120. The van der Waals surface area contributed by atoms with Crippen molar-refractivity contribution in [3.8, 4) is 12.3 Å². The molecule has 1 rings (SSSR count). The number of carbonyl (C=O) groups excluding carboxylic acids is 1. The molecule has 0 saturated heterocycles. The van der Waals surface area contributed by atoms with Gasteiger partial charge in [-0.25, -0.2) is 0 Å². The highest BCUT2D eigenvalue weighted by Gasteiger charge is 2.20. The van der Waals surface area contributed by atoms with E-state index in [-0.39, 0.29) is 17.6 Å². The van der Waals surface area contributed by atoms with Crippen molar-refractivity contribution < 1.29 is 4.79 Å². The van der Waals surface area contributed by atoms with Gasteiger partial charge in [0.15, 0.2) is 0 Å². The van der Waals surface area contributed by atoms with Crippen molar-refractivity contribution in [1.29, 1.82) is 0 Å². The fraction of sp³-hybridized carbons (Fsp3) is 0.308. The zero-order valence-electron chi connectivity index (χ0n) is 8.53. The number of terminal acetylenes is 1. The lowest BCUT2D eigenvalue weighted by Gasteiger charge is -2.16. The van der Waals surface area contributed by atoms with Crippen LogP contribution in [0.3, 0.4) is 0 Å². The van der Waals surface area contributed by atoms with Crippen LogP contribution in [-0.4, -0.2) is 5.78 Å². The maximum Gasteiger partial charge on any atom is 0.134 e. The summed E-state index contributed by atoms with van der Waals surface area (Å²) in [6.07, 6.45) is 5.44. The Morgan fingerprint density at radius 3 is 2.36 bits per heavy atom. The second-order valence-corrected chi connectivity index (χ2v) is 3.45. The van der Waals surface area contributed by atoms with Gasteiger partial charge in [0, 0.05) is 5.92 Å². The summed E-state index contributed by atoms with van der Waals surface area (Å²) in [5.41, 5.74) is 1.04. The van der Waals surface area contributed by atoms with E-state index in [1.165, 1.54) is 0 Å². The van der Waals surface area contributed by atoms with Crippen molar-refractivity contribution >= 4 is 5.78 Å². The van der Waals surface area contributed by atoms with Gasteiger partial charge in [0.25, 0.3) is 0 Å². The van der Waals surface area contributed by atoms with E-state index >= 15 is 0 Å². The molecule has 2 unspecified atom stereocenters. The Morgan fingerprint density at radius 1 is 1.36 bits per heavy atom. The predicted molar refractivity (Wildman–Crippen MR) is 57.9 cm³/mol. The van der Waals surface area contributed by atoms with Gasteiger partial charge in [-0.05, 0) is 12.5 Å². The van der Waals surface area contributed by atoms with Crippen molar-refractivity contribution in [3.05, 3.63) is 35.9 Å². The Morgan fingerprint density at radius 2 is 1.93 bits per heavy atom. The van der Waals surface area contributed by atoms with Gasteiger partial charge in [-0.1, -0.05) is 43.2 Å². The number of hydrogen-bond acceptors (Lipinski definition) is 1. The average molecular weight is 186 g/mol. The first-order valence-corrected chi connectivity index (χ1v) is 4.68. The smallest absolute Gasteiger partial charge is 0.134 e. The molecular formula is C13H14O. The van der Waals surface area contributed by atoms with Gasteiger partial charge in [-0.15, -0.1) is 6.42 Å². The van der Waals surface area contributed by atoms with Crippen LogP contribution in [0.15, 0.2) is 30.3 Å². The van der Waals surface area contributed by atoms with Gasteiger partial charge in [-0.2, -0.15) is 0 Å². The van der Waals surface area contributed by atoms with Gasteiger partial charge < -0.3 is 0 Å². The fourth-order valence-electron chi connectivity index (χ4n) is 1.42. The van der Waals surface area contributed by atoms with Gasteiger partial charge in [0.1, 0.15) is 5.78 Å². The molecular weight excluding hydrogens is 172 g/mol. The fourth-order valence-corrected chi connectivity index (χ4v) is 1.42. The third-order valence-corrected chi connectivity index (χ3v) is 2.48. The minimum Gasteiger partial charge on any atom is -0.300 e. The summed E-state index contributed by atoms with van der Waals surface area (Å²) in [5, 5.41) is 0. The van der Waals surface area contributed by atoms with Crippen molar-refractivity contribution in [3.63, 3.8) is 0 Å². The molecule has 1 heteroatoms. The predicted octanol–water partition coefficient (Wildman–Crippen LogP) is 2.63. The summed E-state index contributed by atoms with van der Waals surface area (Å²) in [6, 6.07) is 9.74. The van der Waals surface area contributed by atoms with Crippen LogP contribution >= 0.6 is 0 Å². The monoisotopic (exact) mass is 186 g/mol. The molecule has 1 nitrogen and oxygen atoms in total. The molecule has 14 heavy (non-hydrogen) atoms. The number of rotatable bonds is 3. The van der Waals surface area contributed by atoms with Crippen LogP contribution in [0, 0.1) is 18.3 Å². The maximum absolute atomic E-state index is 11.2. The zero-order valence-corrected chi connectivity index (χ0v) is 8.53. The van der Waals surface area contributed by atoms with Gasteiger partial charge in [-0.3, -0.25) is 4.79 Å². The molecule has 0 aliphatic rings. The van der Waals surface area contributed by atoms with Crippen LogP contribution in [0.5, 0.6) is 0 Å². The zero-order chi connectivity index (χ0) is 10.6. The highest BCUT2D eigenvalue weighted by molar-refractivity contribution is 5.79. The normalized spacial score (nSPS) is 14.1. The van der Waals surface area contributed by atoms with Crippen molar-refractivity contribution in [2.75, 3.05) is 0 Å². The van der Waals surface area contributed by atoms with E-state index in [4.69, 9.17) is 6.42 Å². The number of benzene rings is 1. The molecule has 0 amide bonds. The standard InChI is InChI=1S/C13H14O/c1-4-13(10(2)11(3)14)12-8-6-5-7-9-12/h1,5-10,13H,2-3H3. The molecule has 1 aromatic rings. The van der Waals surface area contributed by atoms with Gasteiger partial charge >= 0.3 is 0 Å². The minimum atomic E-state index is -0.109. The molecule has 1 aromatic carbocycles. The van der Waals surface area contributed by atoms with Crippen molar-refractivity contribution in [1.82, 2.24) is 0 Å². The molecule has 0 fully saturated rings. The van der Waals surface area contributed by atoms with E-state index in [9.17, 15) is 4.79 Å². The van der Waals surface area contributed by atoms with E-state index in [0.29, 0.717) is 0 Å². The van der Waals surface area contributed by atoms with E-state index in [2.05, 4.69) is 5.92 Å².